The second-order valence-corrected chi connectivity index (χ2v) is 7.28. The minimum Gasteiger partial charge on any atom is -0.370 e. The van der Waals surface area contributed by atoms with Crippen LogP contribution in [0.15, 0.2) is 73.1 Å². The Hall–Kier alpha value is -3.08. The lowest BCUT2D eigenvalue weighted by molar-refractivity contribution is -0.133. The predicted octanol–water partition coefficient (Wildman–Crippen LogP) is 4.10. The van der Waals surface area contributed by atoms with Crippen molar-refractivity contribution in [3.05, 3.63) is 84.2 Å². The fourth-order valence-corrected chi connectivity index (χ4v) is 3.74. The van der Waals surface area contributed by atoms with Gasteiger partial charge in [0.15, 0.2) is 0 Å². The average Bonchev–Trinajstić information content (AvgIpc) is 3.26. The molecule has 5 nitrogen and oxygen atoms in total. The second-order valence-electron chi connectivity index (χ2n) is 7.28. The normalized spacial score (nSPS) is 15.2. The zero-order valence-electron chi connectivity index (χ0n) is 16.0. The highest BCUT2D eigenvalue weighted by Crippen LogP contribution is 2.24. The van der Waals surface area contributed by atoms with Crippen LogP contribution in [-0.4, -0.2) is 33.7 Å². The van der Waals surface area contributed by atoms with Crippen LogP contribution in [0.5, 0.6) is 0 Å². The molecule has 144 valence electrons. The highest BCUT2D eigenvalue weighted by atomic mass is 16.2. The van der Waals surface area contributed by atoms with E-state index in [2.05, 4.69) is 22.5 Å². The highest BCUT2D eigenvalue weighted by molar-refractivity contribution is 5.86. The van der Waals surface area contributed by atoms with Crippen LogP contribution in [0.4, 0.5) is 5.69 Å². The fraction of sp³-hybridized carbons (Fsp3) is 0.304. The van der Waals surface area contributed by atoms with Crippen LogP contribution in [0, 0.1) is 0 Å². The van der Waals surface area contributed by atoms with Crippen LogP contribution in [0.1, 0.15) is 36.4 Å². The fourth-order valence-electron chi connectivity index (χ4n) is 3.74. The summed E-state index contributed by atoms with van der Waals surface area (Å²) in [6, 6.07) is 19.8. The highest BCUT2D eigenvalue weighted by Gasteiger charge is 2.26. The molecule has 1 fully saturated rings. The third-order valence-corrected chi connectivity index (χ3v) is 5.19. The molecule has 1 amide bonds. The topological polar surface area (TPSA) is 50.2 Å². The van der Waals surface area contributed by atoms with Crippen LogP contribution in [0.25, 0.3) is 0 Å². The Bertz CT molecular complexity index is 886. The molecule has 5 heteroatoms. The molecule has 28 heavy (non-hydrogen) atoms. The summed E-state index contributed by atoms with van der Waals surface area (Å²) in [4.78, 5) is 15.3. The van der Waals surface area contributed by atoms with Crippen molar-refractivity contribution >= 4 is 11.6 Å². The molecule has 2 aromatic carbocycles. The summed E-state index contributed by atoms with van der Waals surface area (Å²) in [5.74, 6) is 0.156. The van der Waals surface area contributed by atoms with E-state index in [1.54, 1.807) is 6.20 Å². The van der Waals surface area contributed by atoms with Gasteiger partial charge in [0.05, 0.1) is 6.54 Å². The van der Waals surface area contributed by atoms with Crippen molar-refractivity contribution in [1.82, 2.24) is 14.7 Å². The van der Waals surface area contributed by atoms with Gasteiger partial charge in [-0.2, -0.15) is 5.10 Å². The molecule has 0 spiro atoms. The molecule has 1 unspecified atom stereocenters. The van der Waals surface area contributed by atoms with E-state index >= 15 is 0 Å². The number of nitrogens with zero attached hydrogens (tertiary/aromatic N) is 3. The SMILES string of the molecule is O=C(C(Nc1cccc(Cn2cccn2)c1)c1ccccc1)N1CCCCC1. The van der Waals surface area contributed by atoms with Gasteiger partial charge in [-0.05, 0) is 48.6 Å². The summed E-state index contributed by atoms with van der Waals surface area (Å²) in [5, 5.41) is 7.77. The Kier molecular flexibility index (Phi) is 5.71. The zero-order chi connectivity index (χ0) is 19.2. The molecule has 1 aliphatic rings. The van der Waals surface area contributed by atoms with Crippen LogP contribution in [0.2, 0.25) is 0 Å². The minimum absolute atomic E-state index is 0.156. The first-order chi connectivity index (χ1) is 13.8. The smallest absolute Gasteiger partial charge is 0.249 e. The molecule has 4 rings (SSSR count). The molecule has 1 aromatic heterocycles. The van der Waals surface area contributed by atoms with Gasteiger partial charge >= 0.3 is 0 Å². The third-order valence-electron chi connectivity index (χ3n) is 5.19. The molecule has 0 saturated carbocycles. The van der Waals surface area contributed by atoms with E-state index in [4.69, 9.17) is 0 Å². The van der Waals surface area contributed by atoms with E-state index in [-0.39, 0.29) is 11.9 Å². The maximum Gasteiger partial charge on any atom is 0.249 e. The van der Waals surface area contributed by atoms with Crippen LogP contribution in [0.3, 0.4) is 0 Å². The zero-order valence-corrected chi connectivity index (χ0v) is 16.0. The van der Waals surface area contributed by atoms with E-state index in [0.29, 0.717) is 6.54 Å². The van der Waals surface area contributed by atoms with Gasteiger partial charge in [0.1, 0.15) is 6.04 Å². The average molecular weight is 374 g/mol. The Morgan fingerprint density at radius 2 is 1.82 bits per heavy atom. The quantitative estimate of drug-likeness (QED) is 0.707. The summed E-state index contributed by atoms with van der Waals surface area (Å²) in [6.07, 6.45) is 7.12. The molecule has 1 saturated heterocycles. The summed E-state index contributed by atoms with van der Waals surface area (Å²) < 4.78 is 1.90. The number of carbonyl (C=O) groups is 1. The summed E-state index contributed by atoms with van der Waals surface area (Å²) in [5.41, 5.74) is 3.09. The lowest BCUT2D eigenvalue weighted by Gasteiger charge is -2.31. The maximum absolute atomic E-state index is 13.3. The Morgan fingerprint density at radius 1 is 1.00 bits per heavy atom. The monoisotopic (exact) mass is 374 g/mol. The molecule has 2 heterocycles. The van der Waals surface area contributed by atoms with E-state index < -0.39 is 0 Å². The van der Waals surface area contributed by atoms with Crippen molar-refractivity contribution in [2.75, 3.05) is 18.4 Å². The van der Waals surface area contributed by atoms with Gasteiger partial charge in [-0.15, -0.1) is 0 Å². The van der Waals surface area contributed by atoms with Crippen molar-refractivity contribution in [2.24, 2.45) is 0 Å². The van der Waals surface area contributed by atoms with Gasteiger partial charge in [0, 0.05) is 31.2 Å². The number of benzene rings is 2. The number of rotatable bonds is 6. The Morgan fingerprint density at radius 3 is 2.57 bits per heavy atom. The molecule has 0 aliphatic carbocycles. The number of carbonyl (C=O) groups excluding carboxylic acids is 1. The molecule has 0 bridgehead atoms. The standard InChI is InChI=1S/C23H26N4O/c28-23(26-14-5-2-6-15-26)22(20-10-3-1-4-11-20)25-21-12-7-9-19(17-21)18-27-16-8-13-24-27/h1,3-4,7-13,16-17,22,25H,2,5-6,14-15,18H2. The summed E-state index contributed by atoms with van der Waals surface area (Å²) in [6.45, 7) is 2.41. The predicted molar refractivity (Wildman–Crippen MR) is 111 cm³/mol. The minimum atomic E-state index is -0.376. The van der Waals surface area contributed by atoms with Gasteiger partial charge in [-0.1, -0.05) is 42.5 Å². The molecule has 1 N–H and O–H groups in total. The molecular formula is C23H26N4O. The van der Waals surface area contributed by atoms with Crippen molar-refractivity contribution in [3.63, 3.8) is 0 Å². The maximum atomic E-state index is 13.3. The molecule has 1 atom stereocenters. The number of hydrogen-bond acceptors (Lipinski definition) is 3. The van der Waals surface area contributed by atoms with Gasteiger partial charge in [0.25, 0.3) is 0 Å². The summed E-state index contributed by atoms with van der Waals surface area (Å²) in [7, 11) is 0. The van der Waals surface area contributed by atoms with Gasteiger partial charge in [-0.3, -0.25) is 9.48 Å². The number of nitrogens with one attached hydrogen (secondary N) is 1. The van der Waals surface area contributed by atoms with Crippen LogP contribution >= 0.6 is 0 Å². The number of aromatic nitrogens is 2. The van der Waals surface area contributed by atoms with Crippen molar-refractivity contribution in [2.45, 2.75) is 31.8 Å². The first-order valence-electron chi connectivity index (χ1n) is 9.96. The molecule has 1 aliphatic heterocycles. The Labute approximate surface area is 166 Å². The first-order valence-corrected chi connectivity index (χ1v) is 9.96. The molecule has 0 radical (unpaired) electrons. The van der Waals surface area contributed by atoms with E-state index in [0.717, 1.165) is 42.7 Å². The van der Waals surface area contributed by atoms with Crippen LogP contribution in [-0.2, 0) is 11.3 Å². The number of amides is 1. The van der Waals surface area contributed by atoms with Crippen molar-refractivity contribution < 1.29 is 4.79 Å². The van der Waals surface area contributed by atoms with E-state index in [1.807, 2.05) is 64.3 Å². The molecule has 3 aromatic rings. The second kappa shape index (κ2) is 8.74. The van der Waals surface area contributed by atoms with Gasteiger partial charge < -0.3 is 10.2 Å². The number of piperidine rings is 1. The number of hydrogen-bond donors (Lipinski definition) is 1. The third kappa shape index (κ3) is 4.42. The lowest BCUT2D eigenvalue weighted by Crippen LogP contribution is -2.41. The van der Waals surface area contributed by atoms with Gasteiger partial charge in [0.2, 0.25) is 5.91 Å². The van der Waals surface area contributed by atoms with E-state index in [9.17, 15) is 4.79 Å². The van der Waals surface area contributed by atoms with Crippen molar-refractivity contribution in [3.8, 4) is 0 Å². The summed E-state index contributed by atoms with van der Waals surface area (Å²) >= 11 is 0. The first kappa shape index (κ1) is 18.3. The lowest BCUT2D eigenvalue weighted by atomic mass is 10.0. The van der Waals surface area contributed by atoms with Gasteiger partial charge in [-0.25, -0.2) is 0 Å². The largest absolute Gasteiger partial charge is 0.370 e. The molecular weight excluding hydrogens is 348 g/mol. The van der Waals surface area contributed by atoms with Crippen molar-refractivity contribution in [1.29, 1.82) is 0 Å². The van der Waals surface area contributed by atoms with E-state index in [1.165, 1.54) is 6.42 Å². The van der Waals surface area contributed by atoms with Crippen LogP contribution < -0.4 is 5.32 Å². The number of likely N-dealkylation sites (tertiary alicyclic amines) is 1. The Balaban J connectivity index is 1.56. The number of anilines is 1.